The number of carbonyl (C=O) groups excluding carboxylic acids is 2. The number of amides is 2. The van der Waals surface area contributed by atoms with Crippen LogP contribution in [-0.2, 0) is 14.4 Å². The Morgan fingerprint density at radius 3 is 2.61 bits per heavy atom. The summed E-state index contributed by atoms with van der Waals surface area (Å²) in [5.41, 5.74) is 0. The number of thioether (sulfide) groups is 1. The van der Waals surface area contributed by atoms with Crippen LogP contribution in [0.15, 0.2) is 0 Å². The van der Waals surface area contributed by atoms with Crippen molar-refractivity contribution < 1.29 is 19.5 Å². The summed E-state index contributed by atoms with van der Waals surface area (Å²) < 4.78 is 0. The van der Waals surface area contributed by atoms with E-state index in [-0.39, 0.29) is 37.4 Å². The van der Waals surface area contributed by atoms with Gasteiger partial charge in [-0.3, -0.25) is 14.4 Å². The number of rotatable bonds is 6. The van der Waals surface area contributed by atoms with Crippen LogP contribution in [0.5, 0.6) is 0 Å². The maximum atomic E-state index is 12.0. The SMILES string of the molecule is CC(C)N(CCC(=O)O)C(=O)CN1CSCC1=O. The van der Waals surface area contributed by atoms with E-state index in [1.54, 1.807) is 0 Å². The van der Waals surface area contributed by atoms with Crippen molar-refractivity contribution in [3.8, 4) is 0 Å². The lowest BCUT2D eigenvalue weighted by Gasteiger charge is -2.28. The molecule has 1 heterocycles. The highest BCUT2D eigenvalue weighted by molar-refractivity contribution is 8.00. The first-order valence-electron chi connectivity index (χ1n) is 5.78. The Labute approximate surface area is 110 Å². The Kier molecular flexibility index (Phi) is 5.46. The molecule has 18 heavy (non-hydrogen) atoms. The highest BCUT2D eigenvalue weighted by Crippen LogP contribution is 2.15. The van der Waals surface area contributed by atoms with Crippen molar-refractivity contribution in [2.24, 2.45) is 0 Å². The first-order valence-corrected chi connectivity index (χ1v) is 6.94. The fraction of sp³-hybridized carbons (Fsp3) is 0.727. The van der Waals surface area contributed by atoms with Crippen molar-refractivity contribution in [3.63, 3.8) is 0 Å². The molecule has 0 saturated carbocycles. The normalized spacial score (nSPS) is 15.3. The Bertz CT molecular complexity index is 346. The zero-order chi connectivity index (χ0) is 13.7. The van der Waals surface area contributed by atoms with E-state index < -0.39 is 5.97 Å². The lowest BCUT2D eigenvalue weighted by Crippen LogP contribution is -2.45. The average Bonchev–Trinajstić information content (AvgIpc) is 2.63. The second-order valence-electron chi connectivity index (χ2n) is 4.39. The summed E-state index contributed by atoms with van der Waals surface area (Å²) in [6, 6.07) is -0.0674. The topological polar surface area (TPSA) is 77.9 Å². The molecule has 1 N–H and O–H groups in total. The molecule has 1 aliphatic rings. The smallest absolute Gasteiger partial charge is 0.305 e. The van der Waals surface area contributed by atoms with Gasteiger partial charge in [-0.1, -0.05) is 0 Å². The lowest BCUT2D eigenvalue weighted by atomic mass is 10.2. The Hall–Kier alpha value is -1.24. The van der Waals surface area contributed by atoms with E-state index in [1.165, 1.54) is 21.6 Å². The molecule has 0 atom stereocenters. The van der Waals surface area contributed by atoms with Gasteiger partial charge in [0.1, 0.15) is 6.54 Å². The number of hydrogen-bond donors (Lipinski definition) is 1. The Morgan fingerprint density at radius 2 is 2.17 bits per heavy atom. The fourth-order valence-electron chi connectivity index (χ4n) is 1.68. The van der Waals surface area contributed by atoms with E-state index in [4.69, 9.17) is 5.11 Å². The molecule has 0 aromatic rings. The van der Waals surface area contributed by atoms with Gasteiger partial charge in [-0.15, -0.1) is 11.8 Å². The van der Waals surface area contributed by atoms with Gasteiger partial charge in [-0.25, -0.2) is 0 Å². The number of aliphatic carboxylic acids is 1. The third-order valence-corrected chi connectivity index (χ3v) is 3.61. The molecule has 102 valence electrons. The molecule has 0 aromatic heterocycles. The number of carboxylic acids is 1. The average molecular weight is 274 g/mol. The summed E-state index contributed by atoms with van der Waals surface area (Å²) in [6.07, 6.45) is -0.0768. The van der Waals surface area contributed by atoms with E-state index in [1.807, 2.05) is 13.8 Å². The van der Waals surface area contributed by atoms with E-state index >= 15 is 0 Å². The van der Waals surface area contributed by atoms with Crippen LogP contribution in [0.3, 0.4) is 0 Å². The highest BCUT2D eigenvalue weighted by atomic mass is 32.2. The number of nitrogens with zero attached hydrogens (tertiary/aromatic N) is 2. The summed E-state index contributed by atoms with van der Waals surface area (Å²) in [4.78, 5) is 37.0. The Balaban J connectivity index is 2.53. The molecule has 1 aliphatic heterocycles. The van der Waals surface area contributed by atoms with E-state index in [2.05, 4.69) is 0 Å². The first-order chi connectivity index (χ1) is 8.41. The predicted molar refractivity (Wildman–Crippen MR) is 68.1 cm³/mol. The van der Waals surface area contributed by atoms with Crippen LogP contribution >= 0.6 is 11.8 Å². The van der Waals surface area contributed by atoms with Crippen molar-refractivity contribution in [1.82, 2.24) is 9.80 Å². The van der Waals surface area contributed by atoms with Crippen molar-refractivity contribution in [3.05, 3.63) is 0 Å². The fourth-order valence-corrected chi connectivity index (χ4v) is 2.59. The predicted octanol–water partition coefficient (Wildman–Crippen LogP) is 0.231. The molecule has 1 saturated heterocycles. The van der Waals surface area contributed by atoms with Crippen LogP contribution in [0.2, 0.25) is 0 Å². The summed E-state index contributed by atoms with van der Waals surface area (Å²) in [5, 5.41) is 8.65. The van der Waals surface area contributed by atoms with Gasteiger partial charge in [-0.05, 0) is 13.8 Å². The molecule has 0 unspecified atom stereocenters. The molecule has 2 amide bonds. The zero-order valence-electron chi connectivity index (χ0n) is 10.6. The minimum absolute atomic E-state index is 0.0321. The third kappa shape index (κ3) is 4.21. The van der Waals surface area contributed by atoms with Gasteiger partial charge < -0.3 is 14.9 Å². The highest BCUT2D eigenvalue weighted by Gasteiger charge is 2.26. The van der Waals surface area contributed by atoms with Gasteiger partial charge in [-0.2, -0.15) is 0 Å². The van der Waals surface area contributed by atoms with Gasteiger partial charge in [0.2, 0.25) is 11.8 Å². The molecule has 0 radical (unpaired) electrons. The van der Waals surface area contributed by atoms with E-state index in [9.17, 15) is 14.4 Å². The summed E-state index contributed by atoms with van der Waals surface area (Å²) in [7, 11) is 0. The molecular formula is C11H18N2O4S. The molecular weight excluding hydrogens is 256 g/mol. The van der Waals surface area contributed by atoms with Gasteiger partial charge in [0, 0.05) is 12.6 Å². The van der Waals surface area contributed by atoms with Crippen LogP contribution in [0.4, 0.5) is 0 Å². The third-order valence-electron chi connectivity index (χ3n) is 2.66. The Morgan fingerprint density at radius 1 is 1.50 bits per heavy atom. The quantitative estimate of drug-likeness (QED) is 0.750. The summed E-state index contributed by atoms with van der Waals surface area (Å²) in [5.74, 6) is -0.196. The minimum Gasteiger partial charge on any atom is -0.481 e. The van der Waals surface area contributed by atoms with Crippen molar-refractivity contribution in [2.45, 2.75) is 26.3 Å². The largest absolute Gasteiger partial charge is 0.481 e. The van der Waals surface area contributed by atoms with Gasteiger partial charge in [0.25, 0.3) is 0 Å². The molecule has 0 aromatic carbocycles. The number of carbonyl (C=O) groups is 3. The molecule has 7 heteroatoms. The second kappa shape index (κ2) is 6.63. The molecule has 0 aliphatic carbocycles. The second-order valence-corrected chi connectivity index (χ2v) is 5.35. The van der Waals surface area contributed by atoms with Crippen molar-refractivity contribution >= 4 is 29.5 Å². The summed E-state index contributed by atoms with van der Waals surface area (Å²) >= 11 is 1.48. The number of carboxylic acid groups (broad SMARTS) is 1. The van der Waals surface area contributed by atoms with Crippen LogP contribution < -0.4 is 0 Å². The first kappa shape index (κ1) is 14.8. The molecule has 1 fully saturated rings. The van der Waals surface area contributed by atoms with E-state index in [0.717, 1.165) is 0 Å². The van der Waals surface area contributed by atoms with Gasteiger partial charge >= 0.3 is 5.97 Å². The molecule has 0 bridgehead atoms. The molecule has 6 nitrogen and oxygen atoms in total. The van der Waals surface area contributed by atoms with Crippen LogP contribution in [0.25, 0.3) is 0 Å². The zero-order valence-corrected chi connectivity index (χ0v) is 11.4. The standard InChI is InChI=1S/C11H18N2O4S/c1-8(2)13(4-3-11(16)17)9(14)5-12-7-18-6-10(12)15/h8H,3-7H2,1-2H3,(H,16,17). The van der Waals surface area contributed by atoms with E-state index in [0.29, 0.717) is 11.6 Å². The minimum atomic E-state index is -0.929. The molecule has 0 spiro atoms. The van der Waals surface area contributed by atoms with Crippen molar-refractivity contribution in [1.29, 1.82) is 0 Å². The lowest BCUT2D eigenvalue weighted by molar-refractivity contribution is -0.141. The van der Waals surface area contributed by atoms with Crippen LogP contribution in [-0.4, -0.2) is 63.5 Å². The van der Waals surface area contributed by atoms with Crippen LogP contribution in [0.1, 0.15) is 20.3 Å². The maximum Gasteiger partial charge on any atom is 0.305 e. The maximum absolute atomic E-state index is 12.0. The van der Waals surface area contributed by atoms with Gasteiger partial charge in [0.05, 0.1) is 18.1 Å². The van der Waals surface area contributed by atoms with Gasteiger partial charge in [0.15, 0.2) is 0 Å². The molecule has 1 rings (SSSR count). The number of hydrogen-bond acceptors (Lipinski definition) is 4. The van der Waals surface area contributed by atoms with Crippen molar-refractivity contribution in [2.75, 3.05) is 24.7 Å². The monoisotopic (exact) mass is 274 g/mol. The van der Waals surface area contributed by atoms with Crippen LogP contribution in [0, 0.1) is 0 Å². The summed E-state index contributed by atoms with van der Waals surface area (Å²) in [6.45, 7) is 3.89.